The zero-order valence-electron chi connectivity index (χ0n) is 25.3. The highest BCUT2D eigenvalue weighted by Gasteiger charge is 2.38. The van der Waals surface area contributed by atoms with E-state index in [1.54, 1.807) is 27.7 Å². The third kappa shape index (κ3) is 8.26. The highest BCUT2D eigenvalue weighted by molar-refractivity contribution is 5.97. The molecule has 3 N–H and O–H groups in total. The van der Waals surface area contributed by atoms with E-state index in [9.17, 15) is 27.6 Å². The molecule has 0 aliphatic rings. The van der Waals surface area contributed by atoms with Crippen LogP contribution in [0, 0.1) is 0 Å². The number of ether oxygens (including phenoxy) is 1. The van der Waals surface area contributed by atoms with Crippen LogP contribution in [-0.2, 0) is 27.4 Å². The first-order valence-electron chi connectivity index (χ1n) is 14.4. The molecule has 2 heterocycles. The summed E-state index contributed by atoms with van der Waals surface area (Å²) in [6.07, 6.45) is -0.723. The van der Waals surface area contributed by atoms with E-state index in [1.807, 2.05) is 48.9 Å². The van der Waals surface area contributed by atoms with E-state index in [0.717, 1.165) is 30.2 Å². The van der Waals surface area contributed by atoms with Crippen molar-refractivity contribution in [3.8, 4) is 11.3 Å². The van der Waals surface area contributed by atoms with E-state index in [0.29, 0.717) is 54.0 Å². The Labute approximate surface area is 257 Å². The first-order chi connectivity index (χ1) is 21.4. The van der Waals surface area contributed by atoms with Gasteiger partial charge in [0.1, 0.15) is 12.2 Å². The lowest BCUT2D eigenvalue weighted by atomic mass is 10.1. The monoisotopic (exact) mass is 631 g/mol. The molecule has 0 aliphatic carbocycles. The number of aliphatic carboxylic acids is 1. The molecule has 2 aromatic carbocycles. The Balaban J connectivity index is 0.000000707. The van der Waals surface area contributed by atoms with Crippen LogP contribution < -0.4 is 11.3 Å². The third-order valence-corrected chi connectivity index (χ3v) is 7.16. The maximum absolute atomic E-state index is 13.9. The summed E-state index contributed by atoms with van der Waals surface area (Å²) in [6.45, 7) is 6.42. The number of nitrogens with zero attached hydrogens (tertiary/aromatic N) is 4. The average molecular weight is 632 g/mol. The van der Waals surface area contributed by atoms with Gasteiger partial charge in [0, 0.05) is 42.3 Å². The molecule has 0 radical (unpaired) electrons. The number of alkyl halides is 3. The summed E-state index contributed by atoms with van der Waals surface area (Å²) in [5, 5.41) is 7.98. The molecule has 0 saturated heterocycles. The van der Waals surface area contributed by atoms with E-state index >= 15 is 0 Å². The Hall–Kier alpha value is -4.72. The summed E-state index contributed by atoms with van der Waals surface area (Å²) < 4.78 is 40.2. The van der Waals surface area contributed by atoms with Crippen LogP contribution in [0.4, 0.5) is 13.2 Å². The highest BCUT2D eigenvalue weighted by atomic mass is 19.4. The molecule has 0 aliphatic heterocycles. The number of halogens is 3. The number of unbranched alkanes of at least 4 members (excludes halogenated alkanes) is 2. The zero-order chi connectivity index (χ0) is 33.3. The molecule has 0 unspecified atom stereocenters. The molecule has 0 spiro atoms. The number of carboxylic acids is 1. The number of hydrogen-bond donors (Lipinski definition) is 2. The Morgan fingerprint density at radius 1 is 1.02 bits per heavy atom. The molecule has 0 atom stereocenters. The van der Waals surface area contributed by atoms with Crippen molar-refractivity contribution < 1.29 is 37.4 Å². The molecule has 1 amide bonds. The van der Waals surface area contributed by atoms with Gasteiger partial charge in [0.05, 0.1) is 23.7 Å². The molecule has 11 nitrogen and oxygen atoms in total. The van der Waals surface area contributed by atoms with E-state index in [1.165, 1.54) is 7.11 Å². The van der Waals surface area contributed by atoms with Crippen molar-refractivity contribution in [2.24, 2.45) is 5.73 Å². The number of carbonyl (C=O) groups is 3. The second kappa shape index (κ2) is 15.3. The number of carbonyl (C=O) groups excluding carboxylic acids is 2. The van der Waals surface area contributed by atoms with Crippen LogP contribution in [-0.4, -0.2) is 74.9 Å². The van der Waals surface area contributed by atoms with Gasteiger partial charge in [-0.05, 0) is 57.5 Å². The molecular weight excluding hydrogens is 595 g/mol. The van der Waals surface area contributed by atoms with Crippen LogP contribution in [0.25, 0.3) is 33.2 Å². The molecular formula is C31H36F3N5O6. The van der Waals surface area contributed by atoms with Gasteiger partial charge in [-0.1, -0.05) is 24.6 Å². The number of fused-ring (bicyclic) bond motifs is 2. The minimum atomic E-state index is -5.08. The van der Waals surface area contributed by atoms with E-state index in [4.69, 9.17) is 25.4 Å². The largest absolute Gasteiger partial charge is 0.490 e. The smallest absolute Gasteiger partial charge is 0.475 e. The number of likely N-dealkylation sites (N-methyl/N-ethyl adjacent to an activating group) is 1. The molecule has 0 fully saturated rings. The van der Waals surface area contributed by atoms with E-state index < -0.39 is 18.1 Å². The van der Waals surface area contributed by atoms with Crippen molar-refractivity contribution in [3.63, 3.8) is 0 Å². The predicted octanol–water partition coefficient (Wildman–Crippen LogP) is 4.44. The second-order valence-electron chi connectivity index (χ2n) is 10.0. The summed E-state index contributed by atoms with van der Waals surface area (Å²) in [7, 11) is 1.33. The molecule has 4 aromatic rings. The Morgan fingerprint density at radius 2 is 1.69 bits per heavy atom. The van der Waals surface area contributed by atoms with Gasteiger partial charge in [-0.25, -0.2) is 14.6 Å². The Bertz CT molecular complexity index is 1730. The number of esters is 1. The van der Waals surface area contributed by atoms with Gasteiger partial charge in [0.25, 0.3) is 5.56 Å². The summed E-state index contributed by atoms with van der Waals surface area (Å²) in [5.41, 5.74) is 8.80. The minimum absolute atomic E-state index is 0.0152. The van der Waals surface area contributed by atoms with Gasteiger partial charge in [-0.3, -0.25) is 9.59 Å². The number of aryl methyl sites for hydroxylation is 1. The SMILES string of the molecule is CCN(CC)C(=O)Cn1cc(-c2nc3ccc(C(=O)OC)cc3n(CCCCCN)c2=O)c2ccccc21.O=C(O)C(F)(F)F. The maximum Gasteiger partial charge on any atom is 0.490 e. The third-order valence-electron chi connectivity index (χ3n) is 7.16. The molecule has 4 rings (SSSR count). The first kappa shape index (κ1) is 34.8. The molecule has 45 heavy (non-hydrogen) atoms. The summed E-state index contributed by atoms with van der Waals surface area (Å²) in [4.78, 5) is 54.5. The Morgan fingerprint density at radius 3 is 2.29 bits per heavy atom. The van der Waals surface area contributed by atoms with Crippen LogP contribution in [0.1, 0.15) is 43.5 Å². The summed E-state index contributed by atoms with van der Waals surface area (Å²) in [5.74, 6) is -3.21. The number of aromatic nitrogens is 3. The standard InChI is InChI=1S/C29H35N5O4.C2HF3O2/c1-4-32(5-2)26(35)19-33-18-22(21-11-7-8-12-24(21)33)27-28(36)34(16-10-6-9-15-30)25-17-20(29(37)38-3)13-14-23(25)31-27;3-2(4,5)1(6)7/h7-8,11-14,17-18H,4-6,9-10,15-16,19,30H2,1-3H3;(H,6,7). The molecule has 14 heteroatoms. The first-order valence-corrected chi connectivity index (χ1v) is 14.4. The number of carboxylic acid groups (broad SMARTS) is 1. The molecule has 242 valence electrons. The number of hydrogen-bond acceptors (Lipinski definition) is 7. The Kier molecular flexibility index (Phi) is 11.8. The van der Waals surface area contributed by atoms with Gasteiger partial charge in [0.2, 0.25) is 5.91 Å². The van der Waals surface area contributed by atoms with Crippen LogP contribution in [0.5, 0.6) is 0 Å². The number of nitrogens with two attached hydrogens (primary N) is 1. The molecule has 0 bridgehead atoms. The predicted molar refractivity (Wildman–Crippen MR) is 163 cm³/mol. The van der Waals surface area contributed by atoms with Gasteiger partial charge < -0.3 is 29.6 Å². The number of methoxy groups -OCH3 is 1. The summed E-state index contributed by atoms with van der Waals surface area (Å²) in [6, 6.07) is 12.8. The van der Waals surface area contributed by atoms with Crippen molar-refractivity contribution >= 4 is 39.8 Å². The van der Waals surface area contributed by atoms with Crippen molar-refractivity contribution in [3.05, 3.63) is 64.6 Å². The minimum Gasteiger partial charge on any atom is -0.475 e. The maximum atomic E-state index is 13.9. The van der Waals surface area contributed by atoms with Crippen LogP contribution in [0.2, 0.25) is 0 Å². The van der Waals surface area contributed by atoms with Gasteiger partial charge in [0.15, 0.2) is 0 Å². The number of para-hydroxylation sites is 1. The average Bonchev–Trinajstić information content (AvgIpc) is 3.37. The number of benzene rings is 2. The lowest BCUT2D eigenvalue weighted by Crippen LogP contribution is -2.33. The zero-order valence-corrected chi connectivity index (χ0v) is 25.3. The fourth-order valence-electron chi connectivity index (χ4n) is 4.86. The van der Waals surface area contributed by atoms with E-state index in [2.05, 4.69) is 0 Å². The fourth-order valence-corrected chi connectivity index (χ4v) is 4.86. The fraction of sp³-hybridized carbons (Fsp3) is 0.387. The number of amides is 1. The second-order valence-corrected chi connectivity index (χ2v) is 10.0. The summed E-state index contributed by atoms with van der Waals surface area (Å²) >= 11 is 0. The van der Waals surface area contributed by atoms with Gasteiger partial charge >= 0.3 is 18.1 Å². The lowest BCUT2D eigenvalue weighted by Gasteiger charge is -2.19. The van der Waals surface area contributed by atoms with Crippen LogP contribution in [0.3, 0.4) is 0 Å². The van der Waals surface area contributed by atoms with Gasteiger partial charge in [-0.2, -0.15) is 13.2 Å². The van der Waals surface area contributed by atoms with Crippen LogP contribution in [0.15, 0.2) is 53.5 Å². The van der Waals surface area contributed by atoms with E-state index in [-0.39, 0.29) is 18.0 Å². The normalized spacial score (nSPS) is 11.3. The quantitative estimate of drug-likeness (QED) is 0.182. The highest BCUT2D eigenvalue weighted by Crippen LogP contribution is 2.29. The van der Waals surface area contributed by atoms with Crippen molar-refractivity contribution in [1.82, 2.24) is 19.0 Å². The van der Waals surface area contributed by atoms with Crippen molar-refractivity contribution in [2.75, 3.05) is 26.7 Å². The number of rotatable bonds is 11. The van der Waals surface area contributed by atoms with Crippen LogP contribution >= 0.6 is 0 Å². The van der Waals surface area contributed by atoms with Crippen molar-refractivity contribution in [1.29, 1.82) is 0 Å². The van der Waals surface area contributed by atoms with Crippen molar-refractivity contribution in [2.45, 2.75) is 52.4 Å². The van der Waals surface area contributed by atoms with Gasteiger partial charge in [-0.15, -0.1) is 0 Å². The molecule has 2 aromatic heterocycles. The lowest BCUT2D eigenvalue weighted by molar-refractivity contribution is -0.192. The molecule has 0 saturated carbocycles. The topological polar surface area (TPSA) is 150 Å².